The van der Waals surface area contributed by atoms with Gasteiger partial charge in [0.15, 0.2) is 0 Å². The van der Waals surface area contributed by atoms with E-state index >= 15 is 0 Å². The van der Waals surface area contributed by atoms with Crippen LogP contribution in [0.3, 0.4) is 0 Å². The summed E-state index contributed by atoms with van der Waals surface area (Å²) in [4.78, 5) is 12.6. The Balaban J connectivity index is 1.63. The highest BCUT2D eigenvalue weighted by atomic mass is 35.5. The van der Waals surface area contributed by atoms with Crippen LogP contribution in [0.5, 0.6) is 0 Å². The molecular weight excluding hydrogens is 391 g/mol. The second-order valence-electron chi connectivity index (χ2n) is 6.50. The lowest BCUT2D eigenvalue weighted by Crippen LogP contribution is -2.45. The van der Waals surface area contributed by atoms with E-state index in [0.717, 1.165) is 5.56 Å². The van der Waals surface area contributed by atoms with Crippen LogP contribution in [0.15, 0.2) is 53.4 Å². The summed E-state index contributed by atoms with van der Waals surface area (Å²) in [6.45, 7) is 0.798. The van der Waals surface area contributed by atoms with Crippen molar-refractivity contribution in [3.63, 3.8) is 0 Å². The van der Waals surface area contributed by atoms with Gasteiger partial charge in [-0.3, -0.25) is 4.79 Å². The van der Waals surface area contributed by atoms with Crippen LogP contribution in [0.2, 0.25) is 5.02 Å². The molecular formula is C19H20ClFN2O3S. The number of hydrogen-bond acceptors (Lipinski definition) is 3. The van der Waals surface area contributed by atoms with E-state index < -0.39 is 15.9 Å². The lowest BCUT2D eigenvalue weighted by atomic mass is 9.99. The first-order valence-electron chi connectivity index (χ1n) is 8.64. The summed E-state index contributed by atoms with van der Waals surface area (Å²) in [7, 11) is -3.66. The van der Waals surface area contributed by atoms with E-state index in [1.165, 1.54) is 40.7 Å². The van der Waals surface area contributed by atoms with Crippen LogP contribution in [-0.4, -0.2) is 31.7 Å². The molecule has 5 nitrogen and oxygen atoms in total. The number of piperidine rings is 1. The third-order valence-electron chi connectivity index (χ3n) is 4.59. The smallest absolute Gasteiger partial charge is 0.243 e. The monoisotopic (exact) mass is 410 g/mol. The van der Waals surface area contributed by atoms with E-state index in [1.807, 2.05) is 0 Å². The van der Waals surface area contributed by atoms with Crippen LogP contribution >= 0.6 is 11.6 Å². The lowest BCUT2D eigenvalue weighted by Gasteiger charge is -2.31. The molecule has 2 aromatic carbocycles. The van der Waals surface area contributed by atoms with Crippen molar-refractivity contribution in [3.05, 3.63) is 64.9 Å². The van der Waals surface area contributed by atoms with Crippen molar-refractivity contribution in [2.45, 2.75) is 24.3 Å². The number of halogens is 2. The summed E-state index contributed by atoms with van der Waals surface area (Å²) in [5, 5.41) is 3.27. The molecule has 1 aliphatic heterocycles. The third kappa shape index (κ3) is 4.86. The highest BCUT2D eigenvalue weighted by Gasteiger charge is 2.33. The van der Waals surface area contributed by atoms with Gasteiger partial charge in [0.05, 0.1) is 10.8 Å². The van der Waals surface area contributed by atoms with Crippen LogP contribution in [0.25, 0.3) is 0 Å². The second kappa shape index (κ2) is 8.37. The molecule has 1 atom stereocenters. The van der Waals surface area contributed by atoms with Gasteiger partial charge >= 0.3 is 0 Å². The average molecular weight is 411 g/mol. The SMILES string of the molecule is O=C(NCc1ccc(F)cc1)C1CCCN(S(=O)(=O)c2ccc(Cl)cc2)C1. The van der Waals surface area contributed by atoms with Crippen molar-refractivity contribution in [3.8, 4) is 0 Å². The van der Waals surface area contributed by atoms with Gasteiger partial charge in [-0.2, -0.15) is 4.31 Å². The molecule has 0 spiro atoms. The molecule has 1 fully saturated rings. The summed E-state index contributed by atoms with van der Waals surface area (Å²) in [5.74, 6) is -0.947. The Bertz CT molecular complexity index is 902. The summed E-state index contributed by atoms with van der Waals surface area (Å²) in [5.41, 5.74) is 0.784. The quantitative estimate of drug-likeness (QED) is 0.823. The molecule has 1 unspecified atom stereocenters. The number of rotatable bonds is 5. The Labute approximate surface area is 163 Å². The molecule has 27 heavy (non-hydrogen) atoms. The van der Waals surface area contributed by atoms with Gasteiger partial charge in [0.2, 0.25) is 15.9 Å². The zero-order valence-electron chi connectivity index (χ0n) is 14.6. The van der Waals surface area contributed by atoms with Crippen molar-refractivity contribution in [1.82, 2.24) is 9.62 Å². The summed E-state index contributed by atoms with van der Waals surface area (Å²) in [6.07, 6.45) is 1.24. The van der Waals surface area contributed by atoms with E-state index in [4.69, 9.17) is 11.6 Å². The Morgan fingerprint density at radius 3 is 2.48 bits per heavy atom. The highest BCUT2D eigenvalue weighted by molar-refractivity contribution is 7.89. The normalized spacial score (nSPS) is 18.2. The van der Waals surface area contributed by atoms with Crippen LogP contribution in [0, 0.1) is 11.7 Å². The van der Waals surface area contributed by atoms with Gasteiger partial charge in [-0.25, -0.2) is 12.8 Å². The van der Waals surface area contributed by atoms with Crippen molar-refractivity contribution in [1.29, 1.82) is 0 Å². The first-order chi connectivity index (χ1) is 12.9. The fourth-order valence-corrected chi connectivity index (χ4v) is 4.72. The van der Waals surface area contributed by atoms with Crippen molar-refractivity contribution >= 4 is 27.5 Å². The molecule has 0 bridgehead atoms. The molecule has 0 radical (unpaired) electrons. The van der Waals surface area contributed by atoms with Gasteiger partial charge in [0.1, 0.15) is 5.82 Å². The van der Waals surface area contributed by atoms with E-state index in [9.17, 15) is 17.6 Å². The zero-order chi connectivity index (χ0) is 19.4. The number of amides is 1. The van der Waals surface area contributed by atoms with E-state index in [-0.39, 0.29) is 29.7 Å². The molecule has 1 saturated heterocycles. The van der Waals surface area contributed by atoms with Crippen molar-refractivity contribution < 1.29 is 17.6 Å². The van der Waals surface area contributed by atoms with Crippen LogP contribution in [-0.2, 0) is 21.4 Å². The zero-order valence-corrected chi connectivity index (χ0v) is 16.1. The number of benzene rings is 2. The third-order valence-corrected chi connectivity index (χ3v) is 6.72. The summed E-state index contributed by atoms with van der Waals surface area (Å²) >= 11 is 5.82. The molecule has 3 rings (SSSR count). The number of carbonyl (C=O) groups excluding carboxylic acids is 1. The van der Waals surface area contributed by atoms with E-state index in [0.29, 0.717) is 24.4 Å². The number of carbonyl (C=O) groups is 1. The highest BCUT2D eigenvalue weighted by Crippen LogP contribution is 2.25. The van der Waals surface area contributed by atoms with E-state index in [2.05, 4.69) is 5.32 Å². The van der Waals surface area contributed by atoms with Gasteiger partial charge in [-0.1, -0.05) is 23.7 Å². The molecule has 1 amide bonds. The fourth-order valence-electron chi connectivity index (χ4n) is 3.07. The minimum Gasteiger partial charge on any atom is -0.352 e. The summed E-state index contributed by atoms with van der Waals surface area (Å²) in [6, 6.07) is 11.9. The largest absolute Gasteiger partial charge is 0.352 e. The minimum absolute atomic E-state index is 0.139. The van der Waals surface area contributed by atoms with Gasteiger partial charge in [-0.15, -0.1) is 0 Å². The van der Waals surface area contributed by atoms with Crippen LogP contribution in [0.4, 0.5) is 4.39 Å². The number of sulfonamides is 1. The van der Waals surface area contributed by atoms with Crippen molar-refractivity contribution in [2.75, 3.05) is 13.1 Å². The Hall–Kier alpha value is -1.96. The maximum atomic E-state index is 12.9. The molecule has 2 aromatic rings. The van der Waals surface area contributed by atoms with Gasteiger partial charge in [-0.05, 0) is 54.8 Å². The molecule has 0 aliphatic carbocycles. The number of hydrogen-bond donors (Lipinski definition) is 1. The predicted molar refractivity (Wildman–Crippen MR) is 101 cm³/mol. The van der Waals surface area contributed by atoms with Gasteiger partial charge in [0, 0.05) is 24.7 Å². The standard InChI is InChI=1S/C19H20ClFN2O3S/c20-16-5-9-18(10-6-16)27(25,26)23-11-1-2-15(13-23)19(24)22-12-14-3-7-17(21)8-4-14/h3-10,15H,1-2,11-13H2,(H,22,24). The second-order valence-corrected chi connectivity index (χ2v) is 8.87. The Morgan fingerprint density at radius 2 is 1.81 bits per heavy atom. The number of nitrogens with one attached hydrogen (secondary N) is 1. The topological polar surface area (TPSA) is 66.5 Å². The molecule has 0 aromatic heterocycles. The Morgan fingerprint density at radius 1 is 1.15 bits per heavy atom. The Kier molecular flexibility index (Phi) is 6.14. The maximum absolute atomic E-state index is 12.9. The first-order valence-corrected chi connectivity index (χ1v) is 10.5. The molecule has 144 valence electrons. The number of nitrogens with zero attached hydrogens (tertiary/aromatic N) is 1. The molecule has 8 heteroatoms. The maximum Gasteiger partial charge on any atom is 0.243 e. The van der Waals surface area contributed by atoms with Crippen LogP contribution < -0.4 is 5.32 Å². The summed E-state index contributed by atoms with van der Waals surface area (Å²) < 4.78 is 39.9. The minimum atomic E-state index is -3.66. The van der Waals surface area contributed by atoms with Crippen molar-refractivity contribution in [2.24, 2.45) is 5.92 Å². The molecule has 1 heterocycles. The molecule has 1 N–H and O–H groups in total. The molecule has 1 aliphatic rings. The van der Waals surface area contributed by atoms with E-state index in [1.54, 1.807) is 12.1 Å². The average Bonchev–Trinajstić information content (AvgIpc) is 2.68. The molecule has 0 saturated carbocycles. The van der Waals surface area contributed by atoms with Gasteiger partial charge < -0.3 is 5.32 Å². The van der Waals surface area contributed by atoms with Crippen LogP contribution in [0.1, 0.15) is 18.4 Å². The van der Waals surface area contributed by atoms with Gasteiger partial charge in [0.25, 0.3) is 0 Å². The lowest BCUT2D eigenvalue weighted by molar-refractivity contribution is -0.126. The first kappa shape index (κ1) is 19.8. The predicted octanol–water partition coefficient (Wildman–Crippen LogP) is 3.20. The fraction of sp³-hybridized carbons (Fsp3) is 0.316.